The molecule has 0 saturated heterocycles. The van der Waals surface area contributed by atoms with Gasteiger partial charge in [0.05, 0.1) is 25.5 Å². The maximum absolute atomic E-state index is 5.44. The Bertz CT molecular complexity index is 792. The molecule has 2 aromatic heterocycles. The van der Waals surface area contributed by atoms with E-state index in [0.29, 0.717) is 5.75 Å². The fourth-order valence-corrected chi connectivity index (χ4v) is 2.37. The third-order valence-corrected chi connectivity index (χ3v) is 3.48. The van der Waals surface area contributed by atoms with Crippen LogP contribution in [-0.4, -0.2) is 29.2 Å². The molecule has 0 unspecified atom stereocenters. The molecule has 0 amide bonds. The smallest absolute Gasteiger partial charge is 0.142 e. The first kappa shape index (κ1) is 19.8. The topological polar surface area (TPSA) is 60.0 Å². The highest BCUT2D eigenvalue weighted by atomic mass is 35.5. The lowest BCUT2D eigenvalue weighted by molar-refractivity contribution is 0.395. The molecule has 3 rings (SSSR count). The maximum atomic E-state index is 5.44. The van der Waals surface area contributed by atoms with Crippen LogP contribution in [0, 0.1) is 6.92 Å². The minimum atomic E-state index is 0. The number of halogens is 2. The number of H-pyrrole nitrogens is 1. The minimum absolute atomic E-state index is 0. The van der Waals surface area contributed by atoms with Crippen molar-refractivity contribution in [1.29, 1.82) is 0 Å². The van der Waals surface area contributed by atoms with E-state index in [2.05, 4.69) is 9.97 Å². The van der Waals surface area contributed by atoms with Gasteiger partial charge in [0.25, 0.3) is 0 Å². The van der Waals surface area contributed by atoms with E-state index in [0.717, 1.165) is 34.1 Å². The molecule has 0 radical (unpaired) electrons. The van der Waals surface area contributed by atoms with E-state index in [1.165, 1.54) is 0 Å². The van der Waals surface area contributed by atoms with Crippen molar-refractivity contribution in [3.05, 3.63) is 48.4 Å². The average molecular weight is 368 g/mol. The van der Waals surface area contributed by atoms with Gasteiger partial charge in [-0.25, -0.2) is 4.98 Å². The van der Waals surface area contributed by atoms with E-state index in [-0.39, 0.29) is 24.8 Å². The van der Waals surface area contributed by atoms with Crippen LogP contribution in [0.3, 0.4) is 0 Å². The number of nitrogens with one attached hydrogen (secondary N) is 1. The zero-order valence-corrected chi connectivity index (χ0v) is 15.2. The van der Waals surface area contributed by atoms with Gasteiger partial charge in [0.15, 0.2) is 0 Å². The Morgan fingerprint density at radius 1 is 1.04 bits per heavy atom. The summed E-state index contributed by atoms with van der Waals surface area (Å²) in [6.45, 7) is 1.99. The minimum Gasteiger partial charge on any atom is -0.497 e. The van der Waals surface area contributed by atoms with Gasteiger partial charge in [0.2, 0.25) is 0 Å². The largest absolute Gasteiger partial charge is 0.497 e. The Kier molecular flexibility index (Phi) is 7.07. The van der Waals surface area contributed by atoms with Gasteiger partial charge in [-0.3, -0.25) is 4.98 Å². The first-order valence-corrected chi connectivity index (χ1v) is 6.92. The number of nitrogens with zero attached hydrogens (tertiary/aromatic N) is 2. The molecule has 0 aliphatic carbocycles. The summed E-state index contributed by atoms with van der Waals surface area (Å²) >= 11 is 0. The first-order valence-electron chi connectivity index (χ1n) is 6.92. The fourth-order valence-electron chi connectivity index (χ4n) is 2.37. The molecular formula is C17H19Cl2N3O2. The number of hydrogen-bond donors (Lipinski definition) is 1. The van der Waals surface area contributed by atoms with Gasteiger partial charge in [-0.05, 0) is 31.2 Å². The molecule has 0 spiro atoms. The molecule has 128 valence electrons. The van der Waals surface area contributed by atoms with Gasteiger partial charge >= 0.3 is 0 Å². The Morgan fingerprint density at radius 3 is 2.46 bits per heavy atom. The molecule has 1 aromatic carbocycles. The van der Waals surface area contributed by atoms with Crippen molar-refractivity contribution in [2.45, 2.75) is 6.92 Å². The van der Waals surface area contributed by atoms with Crippen LogP contribution >= 0.6 is 24.8 Å². The number of rotatable bonds is 4. The molecule has 0 aliphatic heterocycles. The molecule has 24 heavy (non-hydrogen) atoms. The number of hydrogen-bond acceptors (Lipinski definition) is 4. The number of imidazole rings is 1. The predicted octanol–water partition coefficient (Wildman–Crippen LogP) is 4.31. The van der Waals surface area contributed by atoms with Gasteiger partial charge in [-0.1, -0.05) is 0 Å². The van der Waals surface area contributed by atoms with Crippen LogP contribution < -0.4 is 9.47 Å². The lowest BCUT2D eigenvalue weighted by atomic mass is 10.2. The second-order valence-electron chi connectivity index (χ2n) is 4.87. The third-order valence-electron chi connectivity index (χ3n) is 3.48. The van der Waals surface area contributed by atoms with Crippen LogP contribution in [0.25, 0.3) is 22.6 Å². The lowest BCUT2D eigenvalue weighted by Crippen LogP contribution is -1.91. The van der Waals surface area contributed by atoms with Crippen molar-refractivity contribution in [1.82, 2.24) is 15.0 Å². The molecule has 0 aliphatic rings. The standard InChI is InChI=1S/C17H17N3O2.2ClH/c1-11-16(12-5-4-8-18-10-12)20-17(19-11)14-7-6-13(21-2)9-15(14)22-3;;/h4-10H,1-3H3,(H,19,20);2*1H. The van der Waals surface area contributed by atoms with E-state index in [9.17, 15) is 0 Å². The molecule has 5 nitrogen and oxygen atoms in total. The second-order valence-corrected chi connectivity index (χ2v) is 4.87. The molecule has 0 fully saturated rings. The van der Waals surface area contributed by atoms with Crippen LogP contribution in [0.2, 0.25) is 0 Å². The number of aryl methyl sites for hydroxylation is 1. The van der Waals surface area contributed by atoms with Gasteiger partial charge < -0.3 is 14.5 Å². The van der Waals surface area contributed by atoms with E-state index in [1.807, 2.05) is 37.3 Å². The zero-order chi connectivity index (χ0) is 15.5. The van der Waals surface area contributed by atoms with Crippen molar-refractivity contribution in [3.63, 3.8) is 0 Å². The van der Waals surface area contributed by atoms with Crippen LogP contribution in [0.15, 0.2) is 42.7 Å². The Balaban J connectivity index is 0.00000144. The average Bonchev–Trinajstić information content (AvgIpc) is 2.96. The van der Waals surface area contributed by atoms with Crippen molar-refractivity contribution < 1.29 is 9.47 Å². The normalized spacial score (nSPS) is 9.62. The quantitative estimate of drug-likeness (QED) is 0.746. The summed E-state index contributed by atoms with van der Waals surface area (Å²) in [4.78, 5) is 12.2. The van der Waals surface area contributed by atoms with E-state index < -0.39 is 0 Å². The summed E-state index contributed by atoms with van der Waals surface area (Å²) < 4.78 is 10.7. The monoisotopic (exact) mass is 367 g/mol. The zero-order valence-electron chi connectivity index (χ0n) is 13.6. The third kappa shape index (κ3) is 3.80. The van der Waals surface area contributed by atoms with E-state index in [1.54, 1.807) is 26.6 Å². The highest BCUT2D eigenvalue weighted by Gasteiger charge is 2.14. The Morgan fingerprint density at radius 2 is 1.83 bits per heavy atom. The predicted molar refractivity (Wildman–Crippen MR) is 99.6 cm³/mol. The summed E-state index contributed by atoms with van der Waals surface area (Å²) in [7, 11) is 3.27. The van der Waals surface area contributed by atoms with Crippen LogP contribution in [0.1, 0.15) is 5.69 Å². The highest BCUT2D eigenvalue weighted by Crippen LogP contribution is 2.33. The number of benzene rings is 1. The van der Waals surface area contributed by atoms with Crippen LogP contribution in [-0.2, 0) is 0 Å². The summed E-state index contributed by atoms with van der Waals surface area (Å²) in [6.07, 6.45) is 3.55. The van der Waals surface area contributed by atoms with Gasteiger partial charge in [-0.15, -0.1) is 24.8 Å². The Hall–Kier alpha value is -2.24. The molecule has 7 heteroatoms. The Labute approximate surface area is 153 Å². The molecule has 1 N–H and O–H groups in total. The number of aromatic amines is 1. The number of methoxy groups -OCH3 is 2. The van der Waals surface area contributed by atoms with Crippen molar-refractivity contribution in [2.24, 2.45) is 0 Å². The van der Waals surface area contributed by atoms with E-state index >= 15 is 0 Å². The SMILES string of the molecule is COc1ccc(-c2nc(-c3cccnc3)c(C)[nH]2)c(OC)c1.Cl.Cl. The molecule has 0 atom stereocenters. The van der Waals surface area contributed by atoms with Gasteiger partial charge in [0.1, 0.15) is 17.3 Å². The molecular weight excluding hydrogens is 349 g/mol. The summed E-state index contributed by atoms with van der Waals surface area (Å²) in [5, 5.41) is 0. The van der Waals surface area contributed by atoms with Crippen molar-refractivity contribution >= 4 is 24.8 Å². The molecule has 0 bridgehead atoms. The summed E-state index contributed by atoms with van der Waals surface area (Å²) in [5.74, 6) is 2.22. The summed E-state index contributed by atoms with van der Waals surface area (Å²) in [6, 6.07) is 9.56. The molecule has 2 heterocycles. The number of aromatic nitrogens is 3. The summed E-state index contributed by atoms with van der Waals surface area (Å²) in [5.41, 5.74) is 3.75. The molecule has 3 aromatic rings. The number of pyridine rings is 1. The number of ether oxygens (including phenoxy) is 2. The van der Waals surface area contributed by atoms with Crippen molar-refractivity contribution in [2.75, 3.05) is 14.2 Å². The maximum Gasteiger partial charge on any atom is 0.142 e. The van der Waals surface area contributed by atoms with Gasteiger partial charge in [0, 0.05) is 29.7 Å². The van der Waals surface area contributed by atoms with Crippen LogP contribution in [0.5, 0.6) is 11.5 Å². The van der Waals surface area contributed by atoms with E-state index in [4.69, 9.17) is 14.5 Å². The lowest BCUT2D eigenvalue weighted by Gasteiger charge is -2.08. The molecule has 0 saturated carbocycles. The van der Waals surface area contributed by atoms with Crippen molar-refractivity contribution in [3.8, 4) is 34.1 Å². The first-order chi connectivity index (χ1) is 10.7. The van der Waals surface area contributed by atoms with Gasteiger partial charge in [-0.2, -0.15) is 0 Å². The fraction of sp³-hybridized carbons (Fsp3) is 0.176. The second kappa shape index (κ2) is 8.57. The van der Waals surface area contributed by atoms with Crippen LogP contribution in [0.4, 0.5) is 0 Å². The highest BCUT2D eigenvalue weighted by molar-refractivity contribution is 5.85.